The number of benzene rings is 1. The van der Waals surface area contributed by atoms with E-state index in [1.165, 1.54) is 5.56 Å². The highest BCUT2D eigenvalue weighted by Crippen LogP contribution is 2.30. The van der Waals surface area contributed by atoms with E-state index in [2.05, 4.69) is 24.8 Å². The normalized spacial score (nSPS) is 25.9. The second kappa shape index (κ2) is 4.64. The van der Waals surface area contributed by atoms with Gasteiger partial charge in [0.25, 0.3) is 0 Å². The van der Waals surface area contributed by atoms with Crippen LogP contribution < -0.4 is 10.6 Å². The molecule has 1 aromatic rings. The fraction of sp³-hybridized carbons (Fsp3) is 0.538. The molecule has 0 amide bonds. The van der Waals surface area contributed by atoms with Crippen molar-refractivity contribution in [1.29, 1.82) is 0 Å². The molecule has 1 aliphatic rings. The molecule has 1 aliphatic heterocycles. The summed E-state index contributed by atoms with van der Waals surface area (Å²) in [4.78, 5) is 2.35. The van der Waals surface area contributed by atoms with Gasteiger partial charge >= 0.3 is 0 Å². The lowest BCUT2D eigenvalue weighted by atomic mass is 9.94. The summed E-state index contributed by atoms with van der Waals surface area (Å²) in [5.41, 5.74) is 8.43. The van der Waals surface area contributed by atoms with E-state index in [0.29, 0.717) is 12.0 Å². The number of nitrogens with zero attached hydrogens (tertiary/aromatic N) is 1. The van der Waals surface area contributed by atoms with Crippen molar-refractivity contribution >= 4 is 17.3 Å². The molecule has 2 atom stereocenters. The Bertz CT molecular complexity index is 378. The van der Waals surface area contributed by atoms with Gasteiger partial charge in [-0.3, -0.25) is 0 Å². The zero-order valence-electron chi connectivity index (χ0n) is 9.91. The van der Waals surface area contributed by atoms with Crippen LogP contribution in [0.5, 0.6) is 0 Å². The van der Waals surface area contributed by atoms with Crippen LogP contribution in [0.25, 0.3) is 0 Å². The Hall–Kier alpha value is -0.730. The van der Waals surface area contributed by atoms with Crippen molar-refractivity contribution in [1.82, 2.24) is 0 Å². The molecule has 1 aromatic carbocycles. The number of rotatable bonds is 1. The van der Waals surface area contributed by atoms with Crippen molar-refractivity contribution in [2.75, 3.05) is 18.0 Å². The standard InChI is InChI=1S/C13H19ClN2/c1-9-3-4-11(14)13(7-9)16-6-5-12(15)10(2)8-16/h3-4,7,10,12H,5-6,8,15H2,1-2H3. The number of hydrogen-bond donors (Lipinski definition) is 1. The summed E-state index contributed by atoms with van der Waals surface area (Å²) >= 11 is 6.24. The largest absolute Gasteiger partial charge is 0.370 e. The Morgan fingerprint density at radius 1 is 1.44 bits per heavy atom. The summed E-state index contributed by atoms with van der Waals surface area (Å²) in [6.07, 6.45) is 1.05. The lowest BCUT2D eigenvalue weighted by Gasteiger charge is -2.37. The molecule has 0 spiro atoms. The van der Waals surface area contributed by atoms with Gasteiger partial charge in [-0.2, -0.15) is 0 Å². The molecule has 2 rings (SSSR count). The number of aryl methyl sites for hydroxylation is 1. The second-order valence-corrected chi connectivity index (χ2v) is 5.24. The first-order valence-corrected chi connectivity index (χ1v) is 6.22. The maximum Gasteiger partial charge on any atom is 0.0639 e. The molecule has 0 radical (unpaired) electrons. The summed E-state index contributed by atoms with van der Waals surface area (Å²) < 4.78 is 0. The molecule has 2 nitrogen and oxygen atoms in total. The molecule has 1 fully saturated rings. The van der Waals surface area contributed by atoms with Crippen LogP contribution in [0.1, 0.15) is 18.9 Å². The third-order valence-corrected chi connectivity index (χ3v) is 3.73. The van der Waals surface area contributed by atoms with Gasteiger partial charge in [-0.15, -0.1) is 0 Å². The van der Waals surface area contributed by atoms with Crippen molar-refractivity contribution in [3.8, 4) is 0 Å². The van der Waals surface area contributed by atoms with Gasteiger partial charge in [0.1, 0.15) is 0 Å². The molecule has 1 heterocycles. The Kier molecular flexibility index (Phi) is 3.41. The quantitative estimate of drug-likeness (QED) is 0.815. The molecular formula is C13H19ClN2. The van der Waals surface area contributed by atoms with Crippen molar-refractivity contribution in [2.45, 2.75) is 26.3 Å². The zero-order valence-corrected chi connectivity index (χ0v) is 10.7. The lowest BCUT2D eigenvalue weighted by Crippen LogP contribution is -2.46. The smallest absolute Gasteiger partial charge is 0.0639 e. The van der Waals surface area contributed by atoms with E-state index in [4.69, 9.17) is 17.3 Å². The fourth-order valence-corrected chi connectivity index (χ4v) is 2.48. The van der Waals surface area contributed by atoms with E-state index in [-0.39, 0.29) is 0 Å². The first-order valence-electron chi connectivity index (χ1n) is 5.84. The molecule has 0 bridgehead atoms. The zero-order chi connectivity index (χ0) is 11.7. The van der Waals surface area contributed by atoms with Crippen molar-refractivity contribution < 1.29 is 0 Å². The Morgan fingerprint density at radius 3 is 2.88 bits per heavy atom. The molecule has 2 N–H and O–H groups in total. The lowest BCUT2D eigenvalue weighted by molar-refractivity contribution is 0.383. The average Bonchev–Trinajstić information content (AvgIpc) is 2.26. The number of nitrogens with two attached hydrogens (primary N) is 1. The van der Waals surface area contributed by atoms with Crippen molar-refractivity contribution in [2.24, 2.45) is 11.7 Å². The maximum atomic E-state index is 6.24. The predicted octanol–water partition coefficient (Wildman–Crippen LogP) is 2.82. The first-order chi connectivity index (χ1) is 7.58. The highest BCUT2D eigenvalue weighted by Gasteiger charge is 2.24. The third kappa shape index (κ3) is 2.33. The monoisotopic (exact) mass is 238 g/mol. The van der Waals surface area contributed by atoms with Gasteiger partial charge < -0.3 is 10.6 Å². The van der Waals surface area contributed by atoms with Crippen molar-refractivity contribution in [3.63, 3.8) is 0 Å². The van der Waals surface area contributed by atoms with E-state index < -0.39 is 0 Å². The van der Waals surface area contributed by atoms with Gasteiger partial charge in [0.2, 0.25) is 0 Å². The SMILES string of the molecule is Cc1ccc(Cl)c(N2CCC(N)C(C)C2)c1. The Balaban J connectivity index is 2.21. The highest BCUT2D eigenvalue weighted by molar-refractivity contribution is 6.33. The molecule has 16 heavy (non-hydrogen) atoms. The fourth-order valence-electron chi connectivity index (χ4n) is 2.25. The summed E-state index contributed by atoms with van der Waals surface area (Å²) in [6, 6.07) is 6.52. The van der Waals surface area contributed by atoms with Crippen LogP contribution in [0.2, 0.25) is 5.02 Å². The second-order valence-electron chi connectivity index (χ2n) is 4.83. The molecule has 2 unspecified atom stereocenters. The van der Waals surface area contributed by atoms with Crippen molar-refractivity contribution in [3.05, 3.63) is 28.8 Å². The molecule has 3 heteroatoms. The van der Waals surface area contributed by atoms with Crippen LogP contribution in [0.15, 0.2) is 18.2 Å². The van der Waals surface area contributed by atoms with Crippen LogP contribution in [-0.2, 0) is 0 Å². The number of anilines is 1. The first kappa shape index (κ1) is 11.7. The number of piperidine rings is 1. The minimum Gasteiger partial charge on any atom is -0.370 e. The summed E-state index contributed by atoms with van der Waals surface area (Å²) in [6.45, 7) is 6.32. The van der Waals surface area contributed by atoms with Gasteiger partial charge in [-0.05, 0) is 37.0 Å². The van der Waals surface area contributed by atoms with Gasteiger partial charge in [0.05, 0.1) is 10.7 Å². The number of halogens is 1. The topological polar surface area (TPSA) is 29.3 Å². The Labute approximate surface area is 102 Å². The molecule has 0 saturated carbocycles. The van der Waals surface area contributed by atoms with Gasteiger partial charge in [0.15, 0.2) is 0 Å². The molecule has 0 aromatic heterocycles. The minimum absolute atomic E-state index is 0.333. The van der Waals surface area contributed by atoms with Crippen LogP contribution in [0.3, 0.4) is 0 Å². The average molecular weight is 239 g/mol. The van der Waals surface area contributed by atoms with Gasteiger partial charge in [0, 0.05) is 19.1 Å². The van der Waals surface area contributed by atoms with Crippen LogP contribution in [0, 0.1) is 12.8 Å². The molecular weight excluding hydrogens is 220 g/mol. The van der Waals surface area contributed by atoms with E-state index >= 15 is 0 Å². The van der Waals surface area contributed by atoms with E-state index in [1.807, 2.05) is 12.1 Å². The maximum absolute atomic E-state index is 6.24. The summed E-state index contributed by atoms with van der Waals surface area (Å²) in [5, 5.41) is 0.841. The van der Waals surface area contributed by atoms with Gasteiger partial charge in [-0.25, -0.2) is 0 Å². The Morgan fingerprint density at radius 2 is 2.19 bits per heavy atom. The number of hydrogen-bond acceptors (Lipinski definition) is 2. The minimum atomic E-state index is 0.333. The molecule has 1 saturated heterocycles. The highest BCUT2D eigenvalue weighted by atomic mass is 35.5. The third-order valence-electron chi connectivity index (χ3n) is 3.41. The predicted molar refractivity (Wildman–Crippen MR) is 70.2 cm³/mol. The summed E-state index contributed by atoms with van der Waals surface area (Å²) in [7, 11) is 0. The molecule has 88 valence electrons. The van der Waals surface area contributed by atoms with Gasteiger partial charge in [-0.1, -0.05) is 24.6 Å². The molecule has 0 aliphatic carbocycles. The van der Waals surface area contributed by atoms with E-state index in [0.717, 1.165) is 30.2 Å². The summed E-state index contributed by atoms with van der Waals surface area (Å²) in [5.74, 6) is 0.533. The van der Waals surface area contributed by atoms with Crippen LogP contribution in [0.4, 0.5) is 5.69 Å². The van der Waals surface area contributed by atoms with Crippen LogP contribution in [-0.4, -0.2) is 19.1 Å². The van der Waals surface area contributed by atoms with E-state index in [9.17, 15) is 0 Å². The van der Waals surface area contributed by atoms with Crippen LogP contribution >= 0.6 is 11.6 Å². The van der Waals surface area contributed by atoms with E-state index in [1.54, 1.807) is 0 Å².